The second-order valence-electron chi connectivity index (χ2n) is 4.93. The molecule has 2 N–H and O–H groups in total. The van der Waals surface area contributed by atoms with Crippen LogP contribution in [0, 0.1) is 5.82 Å². The van der Waals surface area contributed by atoms with Crippen molar-refractivity contribution in [1.82, 2.24) is 14.5 Å². The topological polar surface area (TPSA) is 47.1 Å². The van der Waals surface area contributed by atoms with Gasteiger partial charge in [-0.2, -0.15) is 0 Å². The van der Waals surface area contributed by atoms with E-state index in [1.807, 2.05) is 4.57 Å². The summed E-state index contributed by atoms with van der Waals surface area (Å²) in [6.45, 7) is 9.15. The molecule has 0 aliphatic carbocycles. The standard InChI is InChI=1S/C14H20BrFN4/c1-4-19(5-2)8-9(3)20-13-7-11(16)10(15)6-12(13)18-14(20)17/h6-7,9H,4-5,8H2,1-3H3,(H2,17,18). The first-order chi connectivity index (χ1) is 9.47. The zero-order valence-electron chi connectivity index (χ0n) is 12.0. The normalized spacial score (nSPS) is 13.3. The summed E-state index contributed by atoms with van der Waals surface area (Å²) in [7, 11) is 0. The summed E-state index contributed by atoms with van der Waals surface area (Å²) in [6.07, 6.45) is 0. The number of aromatic nitrogens is 2. The molecule has 0 spiro atoms. The Balaban J connectivity index is 2.42. The average Bonchev–Trinajstić information content (AvgIpc) is 2.71. The maximum atomic E-state index is 13.8. The highest BCUT2D eigenvalue weighted by atomic mass is 79.9. The van der Waals surface area contributed by atoms with Gasteiger partial charge in [0, 0.05) is 18.7 Å². The highest BCUT2D eigenvalue weighted by Crippen LogP contribution is 2.28. The van der Waals surface area contributed by atoms with Crippen LogP contribution in [-0.4, -0.2) is 34.1 Å². The molecule has 0 bridgehead atoms. The van der Waals surface area contributed by atoms with Crippen LogP contribution >= 0.6 is 15.9 Å². The van der Waals surface area contributed by atoms with Crippen LogP contribution in [0.25, 0.3) is 11.0 Å². The minimum atomic E-state index is -0.298. The number of halogens is 2. The molecule has 0 amide bonds. The van der Waals surface area contributed by atoms with Crippen LogP contribution in [0.5, 0.6) is 0 Å². The first-order valence-corrected chi connectivity index (χ1v) is 7.62. The Morgan fingerprint density at radius 1 is 1.40 bits per heavy atom. The van der Waals surface area contributed by atoms with E-state index in [2.05, 4.69) is 46.6 Å². The summed E-state index contributed by atoms with van der Waals surface area (Å²) in [5.74, 6) is 0.130. The van der Waals surface area contributed by atoms with Crippen molar-refractivity contribution in [2.45, 2.75) is 26.8 Å². The quantitative estimate of drug-likeness (QED) is 0.905. The van der Waals surface area contributed by atoms with E-state index < -0.39 is 0 Å². The van der Waals surface area contributed by atoms with Gasteiger partial charge >= 0.3 is 0 Å². The Labute approximate surface area is 126 Å². The number of hydrogen-bond donors (Lipinski definition) is 1. The number of nitrogens with zero attached hydrogens (tertiary/aromatic N) is 3. The van der Waals surface area contributed by atoms with E-state index in [4.69, 9.17) is 5.73 Å². The molecular formula is C14H20BrFN4. The van der Waals surface area contributed by atoms with Crippen LogP contribution in [0.2, 0.25) is 0 Å². The van der Waals surface area contributed by atoms with Gasteiger partial charge in [-0.05, 0) is 42.0 Å². The molecule has 1 aromatic carbocycles. The van der Waals surface area contributed by atoms with E-state index in [-0.39, 0.29) is 11.9 Å². The monoisotopic (exact) mass is 342 g/mol. The van der Waals surface area contributed by atoms with E-state index in [9.17, 15) is 4.39 Å². The molecule has 0 aliphatic heterocycles. The first-order valence-electron chi connectivity index (χ1n) is 6.82. The average molecular weight is 343 g/mol. The van der Waals surface area contributed by atoms with Crippen LogP contribution in [0.1, 0.15) is 26.8 Å². The predicted molar refractivity (Wildman–Crippen MR) is 84.3 cm³/mol. The van der Waals surface area contributed by atoms with Gasteiger partial charge in [-0.25, -0.2) is 9.37 Å². The van der Waals surface area contributed by atoms with E-state index >= 15 is 0 Å². The highest BCUT2D eigenvalue weighted by molar-refractivity contribution is 9.10. The first kappa shape index (κ1) is 15.3. The molecule has 1 aromatic heterocycles. The van der Waals surface area contributed by atoms with Crippen molar-refractivity contribution in [1.29, 1.82) is 0 Å². The fraction of sp³-hybridized carbons (Fsp3) is 0.500. The number of imidazole rings is 1. The summed E-state index contributed by atoms with van der Waals surface area (Å²) in [5, 5.41) is 0. The van der Waals surface area contributed by atoms with Crippen molar-refractivity contribution in [2.24, 2.45) is 0 Å². The van der Waals surface area contributed by atoms with Crippen molar-refractivity contribution >= 4 is 32.9 Å². The minimum absolute atomic E-state index is 0.139. The molecule has 1 atom stereocenters. The number of anilines is 1. The lowest BCUT2D eigenvalue weighted by Gasteiger charge is -2.24. The van der Waals surface area contributed by atoms with Gasteiger partial charge in [0.2, 0.25) is 5.95 Å². The smallest absolute Gasteiger partial charge is 0.201 e. The molecule has 1 unspecified atom stereocenters. The van der Waals surface area contributed by atoms with Gasteiger partial charge < -0.3 is 15.2 Å². The number of nitrogen functional groups attached to an aromatic ring is 1. The lowest BCUT2D eigenvalue weighted by Crippen LogP contribution is -2.30. The number of hydrogen-bond acceptors (Lipinski definition) is 3. The molecule has 0 saturated heterocycles. The van der Waals surface area contributed by atoms with Crippen LogP contribution in [0.4, 0.5) is 10.3 Å². The van der Waals surface area contributed by atoms with Gasteiger partial charge in [-0.1, -0.05) is 13.8 Å². The maximum Gasteiger partial charge on any atom is 0.201 e. The summed E-state index contributed by atoms with van der Waals surface area (Å²) in [4.78, 5) is 6.63. The maximum absolute atomic E-state index is 13.8. The lowest BCUT2D eigenvalue weighted by molar-refractivity contribution is 0.264. The van der Waals surface area contributed by atoms with Crippen molar-refractivity contribution in [3.8, 4) is 0 Å². The lowest BCUT2D eigenvalue weighted by atomic mass is 10.2. The van der Waals surface area contributed by atoms with Crippen LogP contribution < -0.4 is 5.73 Å². The van der Waals surface area contributed by atoms with Crippen molar-refractivity contribution in [3.63, 3.8) is 0 Å². The van der Waals surface area contributed by atoms with Crippen LogP contribution in [-0.2, 0) is 0 Å². The van der Waals surface area contributed by atoms with E-state index in [0.29, 0.717) is 15.9 Å². The fourth-order valence-electron chi connectivity index (χ4n) is 2.51. The van der Waals surface area contributed by atoms with Gasteiger partial charge in [-0.3, -0.25) is 0 Å². The summed E-state index contributed by atoms with van der Waals surface area (Å²) >= 11 is 3.18. The minimum Gasteiger partial charge on any atom is -0.369 e. The van der Waals surface area contributed by atoms with Crippen molar-refractivity contribution in [2.75, 3.05) is 25.4 Å². The number of benzene rings is 1. The van der Waals surface area contributed by atoms with E-state index in [0.717, 1.165) is 25.2 Å². The van der Waals surface area contributed by atoms with E-state index in [1.165, 1.54) is 6.07 Å². The van der Waals surface area contributed by atoms with Crippen molar-refractivity contribution in [3.05, 3.63) is 22.4 Å². The zero-order valence-corrected chi connectivity index (χ0v) is 13.6. The Morgan fingerprint density at radius 2 is 2.05 bits per heavy atom. The number of rotatable bonds is 5. The molecular weight excluding hydrogens is 323 g/mol. The Hall–Kier alpha value is -1.14. The van der Waals surface area contributed by atoms with Crippen LogP contribution in [0.3, 0.4) is 0 Å². The molecule has 110 valence electrons. The second-order valence-corrected chi connectivity index (χ2v) is 5.78. The summed E-state index contributed by atoms with van der Waals surface area (Å²) in [5.41, 5.74) is 7.46. The SMILES string of the molecule is CCN(CC)CC(C)n1c(N)nc2cc(Br)c(F)cc21. The predicted octanol–water partition coefficient (Wildman–Crippen LogP) is 3.42. The van der Waals surface area contributed by atoms with Crippen LogP contribution in [0.15, 0.2) is 16.6 Å². The molecule has 2 aromatic rings. The number of nitrogens with two attached hydrogens (primary N) is 1. The molecule has 1 heterocycles. The molecule has 2 rings (SSSR count). The highest BCUT2D eigenvalue weighted by Gasteiger charge is 2.17. The molecule has 6 heteroatoms. The third-order valence-electron chi connectivity index (χ3n) is 3.62. The molecule has 0 fully saturated rings. The molecule has 0 aliphatic rings. The molecule has 20 heavy (non-hydrogen) atoms. The third-order valence-corrected chi connectivity index (χ3v) is 4.22. The fourth-order valence-corrected chi connectivity index (χ4v) is 2.84. The molecule has 0 saturated carbocycles. The Kier molecular flexibility index (Phi) is 4.65. The summed E-state index contributed by atoms with van der Waals surface area (Å²) in [6, 6.07) is 3.30. The van der Waals surface area contributed by atoms with Crippen molar-refractivity contribution < 1.29 is 4.39 Å². The van der Waals surface area contributed by atoms with Gasteiger partial charge in [0.1, 0.15) is 5.82 Å². The zero-order chi connectivity index (χ0) is 14.9. The molecule has 4 nitrogen and oxygen atoms in total. The second kappa shape index (κ2) is 6.10. The van der Waals surface area contributed by atoms with Gasteiger partial charge in [0.25, 0.3) is 0 Å². The van der Waals surface area contributed by atoms with Gasteiger partial charge in [0.05, 0.1) is 15.5 Å². The van der Waals surface area contributed by atoms with E-state index in [1.54, 1.807) is 6.07 Å². The third kappa shape index (κ3) is 2.81. The van der Waals surface area contributed by atoms with Gasteiger partial charge in [0.15, 0.2) is 0 Å². The number of fused-ring (bicyclic) bond motifs is 1. The number of likely N-dealkylation sites (N-methyl/N-ethyl adjacent to an activating group) is 1. The Bertz CT molecular complexity index is 607. The molecule has 0 radical (unpaired) electrons. The largest absolute Gasteiger partial charge is 0.369 e. The summed E-state index contributed by atoms with van der Waals surface area (Å²) < 4.78 is 16.1. The van der Waals surface area contributed by atoms with Gasteiger partial charge in [-0.15, -0.1) is 0 Å². The Morgan fingerprint density at radius 3 is 2.65 bits per heavy atom.